The van der Waals surface area contributed by atoms with Crippen molar-refractivity contribution in [2.24, 2.45) is 0 Å². The lowest BCUT2D eigenvalue weighted by molar-refractivity contribution is 0.280. The third kappa shape index (κ3) is 6.65. The highest BCUT2D eigenvalue weighted by Crippen LogP contribution is 2.62. The molecule has 0 saturated carbocycles. The van der Waals surface area contributed by atoms with E-state index in [1.165, 1.54) is 5.56 Å². The third-order valence-electron chi connectivity index (χ3n) is 2.37. The first-order chi connectivity index (χ1) is 9.11. The Morgan fingerprint density at radius 3 is 2.26 bits per heavy atom. The van der Waals surface area contributed by atoms with Gasteiger partial charge >= 0.3 is 0 Å². The molecule has 0 radical (unpaired) electrons. The van der Waals surface area contributed by atoms with Gasteiger partial charge in [-0.2, -0.15) is 0 Å². The van der Waals surface area contributed by atoms with E-state index in [2.05, 4.69) is 31.2 Å². The molecule has 0 aliphatic rings. The second kappa shape index (κ2) is 9.43. The molecule has 6 heteroatoms. The van der Waals surface area contributed by atoms with Crippen LogP contribution in [0.1, 0.15) is 31.6 Å². The van der Waals surface area contributed by atoms with Crippen molar-refractivity contribution in [1.82, 2.24) is 0 Å². The number of rotatable bonds is 9. The van der Waals surface area contributed by atoms with Crippen molar-refractivity contribution in [3.05, 3.63) is 35.9 Å². The van der Waals surface area contributed by atoms with Crippen molar-refractivity contribution in [3.63, 3.8) is 0 Å². The zero-order valence-electron chi connectivity index (χ0n) is 11.6. The van der Waals surface area contributed by atoms with Crippen LogP contribution in [0.25, 0.3) is 0 Å². The predicted octanol–water partition coefficient (Wildman–Crippen LogP) is 5.47. The zero-order chi connectivity index (χ0) is 14.1. The summed E-state index contributed by atoms with van der Waals surface area (Å²) in [4.78, 5) is 0. The van der Waals surface area contributed by atoms with Crippen molar-refractivity contribution < 1.29 is 9.05 Å². The summed E-state index contributed by atoms with van der Waals surface area (Å²) in [6.07, 6.45) is 0. The largest absolute Gasteiger partial charge is 0.322 e. The van der Waals surface area contributed by atoms with Crippen LogP contribution in [0.2, 0.25) is 0 Å². The highest BCUT2D eigenvalue weighted by Gasteiger charge is 2.19. The van der Waals surface area contributed by atoms with E-state index >= 15 is 0 Å². The van der Waals surface area contributed by atoms with Gasteiger partial charge in [0, 0.05) is 10.3 Å². The third-order valence-corrected chi connectivity index (χ3v) is 9.69. The van der Waals surface area contributed by atoms with Crippen molar-refractivity contribution >= 4 is 40.6 Å². The molecule has 0 bridgehead atoms. The van der Waals surface area contributed by atoms with Gasteiger partial charge in [-0.05, 0) is 38.1 Å². The van der Waals surface area contributed by atoms with Gasteiger partial charge in [0.2, 0.25) is 5.69 Å². The van der Waals surface area contributed by atoms with E-state index in [0.717, 1.165) is 5.08 Å². The van der Waals surface area contributed by atoms with E-state index in [4.69, 9.17) is 20.9 Å². The lowest BCUT2D eigenvalue weighted by Gasteiger charge is -2.20. The fourth-order valence-electron chi connectivity index (χ4n) is 1.45. The smallest absolute Gasteiger partial charge is 0.248 e. The molecule has 0 amide bonds. The van der Waals surface area contributed by atoms with Gasteiger partial charge in [-0.1, -0.05) is 41.7 Å². The van der Waals surface area contributed by atoms with Crippen LogP contribution in [-0.2, 0) is 20.9 Å². The molecule has 0 fully saturated rings. The van der Waals surface area contributed by atoms with Gasteiger partial charge in [0.15, 0.2) is 0 Å². The summed E-state index contributed by atoms with van der Waals surface area (Å²) in [5.41, 5.74) is -0.796. The van der Waals surface area contributed by atoms with Crippen LogP contribution in [0, 0.1) is 0 Å². The second-order valence-electron chi connectivity index (χ2n) is 3.75. The summed E-state index contributed by atoms with van der Waals surface area (Å²) in [7, 11) is 0. The number of hydrogen-bond acceptors (Lipinski definition) is 5. The lowest BCUT2D eigenvalue weighted by Crippen LogP contribution is -1.93. The average Bonchev–Trinajstić information content (AvgIpc) is 2.40. The minimum absolute atomic E-state index is 0.459. The fourth-order valence-corrected chi connectivity index (χ4v) is 8.81. The van der Waals surface area contributed by atoms with E-state index in [1.807, 2.05) is 31.7 Å². The molecular weight excluding hydrogens is 315 g/mol. The van der Waals surface area contributed by atoms with E-state index in [1.54, 1.807) is 11.4 Å². The molecule has 0 aliphatic carbocycles. The van der Waals surface area contributed by atoms with Crippen LogP contribution < -0.4 is 0 Å². The predicted molar refractivity (Wildman–Crippen MR) is 92.4 cm³/mol. The number of benzene rings is 1. The Balaban J connectivity index is 2.42. The van der Waals surface area contributed by atoms with E-state index in [-0.39, 0.29) is 0 Å². The molecule has 19 heavy (non-hydrogen) atoms. The van der Waals surface area contributed by atoms with E-state index in [9.17, 15) is 0 Å². The first-order valence-corrected chi connectivity index (χ1v) is 11.6. The normalized spacial score (nSPS) is 13.4. The fraction of sp³-hybridized carbons (Fsp3) is 0.538. The summed E-state index contributed by atoms with van der Waals surface area (Å²) in [6.45, 7) is 7.36. The number of hydrogen-bond donors (Lipinski definition) is 0. The van der Waals surface area contributed by atoms with Crippen LogP contribution in [0.15, 0.2) is 30.3 Å². The quantitative estimate of drug-likeness (QED) is 0.438. The zero-order valence-corrected chi connectivity index (χ0v) is 14.9. The van der Waals surface area contributed by atoms with Crippen LogP contribution in [0.3, 0.4) is 0 Å². The molecule has 1 unspecified atom stereocenters. The second-order valence-corrected chi connectivity index (χ2v) is 11.8. The van der Waals surface area contributed by atoms with Crippen LogP contribution in [-0.4, -0.2) is 18.3 Å². The van der Waals surface area contributed by atoms with Gasteiger partial charge in [-0.3, -0.25) is 0 Å². The molecule has 1 rings (SSSR count). The molecular formula is C13H21O2PS3. The molecule has 108 valence electrons. The SMILES string of the molecule is CCOP(=S)(OCC)SCSC(C)c1ccccc1. The van der Waals surface area contributed by atoms with Crippen LogP contribution in [0.5, 0.6) is 0 Å². The maximum Gasteiger partial charge on any atom is 0.248 e. The van der Waals surface area contributed by atoms with Crippen molar-refractivity contribution in [1.29, 1.82) is 0 Å². The van der Waals surface area contributed by atoms with Gasteiger partial charge < -0.3 is 9.05 Å². The molecule has 0 aliphatic heterocycles. The van der Waals surface area contributed by atoms with E-state index < -0.39 is 5.69 Å². The Labute approximate surface area is 130 Å². The highest BCUT2D eigenvalue weighted by atomic mass is 32.9. The Morgan fingerprint density at radius 2 is 1.74 bits per heavy atom. The first-order valence-electron chi connectivity index (χ1n) is 6.31. The molecule has 2 nitrogen and oxygen atoms in total. The van der Waals surface area contributed by atoms with Gasteiger partial charge in [-0.15, -0.1) is 11.8 Å². The van der Waals surface area contributed by atoms with Crippen LogP contribution >= 0.6 is 28.8 Å². The standard InChI is InChI=1S/C13H21O2PS3/c1-4-14-16(17,15-5-2)19-11-18-12(3)13-9-7-6-8-10-13/h6-10,12H,4-5,11H2,1-3H3. The van der Waals surface area contributed by atoms with Crippen molar-refractivity contribution in [2.45, 2.75) is 26.0 Å². The summed E-state index contributed by atoms with van der Waals surface area (Å²) in [6, 6.07) is 10.5. The first kappa shape index (κ1) is 17.5. The topological polar surface area (TPSA) is 18.5 Å². The molecule has 0 heterocycles. The molecule has 0 aromatic heterocycles. The Kier molecular flexibility index (Phi) is 8.71. The molecule has 1 aromatic carbocycles. The lowest BCUT2D eigenvalue weighted by atomic mass is 10.2. The highest BCUT2D eigenvalue weighted by molar-refractivity contribution is 8.69. The van der Waals surface area contributed by atoms with E-state index in [0.29, 0.717) is 18.5 Å². The Hall–Kier alpha value is 0.490. The monoisotopic (exact) mass is 336 g/mol. The molecule has 1 aromatic rings. The van der Waals surface area contributed by atoms with Gasteiger partial charge in [0.1, 0.15) is 0 Å². The Bertz CT molecular complexity index is 390. The Morgan fingerprint density at radius 1 is 1.16 bits per heavy atom. The van der Waals surface area contributed by atoms with Gasteiger partial charge in [0.25, 0.3) is 0 Å². The average molecular weight is 336 g/mol. The molecule has 0 saturated heterocycles. The summed E-state index contributed by atoms with van der Waals surface area (Å²) in [5.74, 6) is 0. The van der Waals surface area contributed by atoms with Gasteiger partial charge in [0.05, 0.1) is 13.2 Å². The minimum Gasteiger partial charge on any atom is -0.322 e. The molecule has 0 spiro atoms. The summed E-state index contributed by atoms with van der Waals surface area (Å²) in [5, 5.41) is 1.35. The van der Waals surface area contributed by atoms with Crippen molar-refractivity contribution in [3.8, 4) is 0 Å². The maximum atomic E-state index is 5.61. The summed E-state index contributed by atoms with van der Waals surface area (Å²) < 4.78 is 11.2. The number of thioether (sulfide) groups is 1. The molecule has 1 atom stereocenters. The van der Waals surface area contributed by atoms with Crippen LogP contribution in [0.4, 0.5) is 0 Å². The van der Waals surface area contributed by atoms with Crippen molar-refractivity contribution in [2.75, 3.05) is 18.3 Å². The summed E-state index contributed by atoms with van der Waals surface area (Å²) >= 11 is 9.00. The van der Waals surface area contributed by atoms with Gasteiger partial charge in [-0.25, -0.2) is 0 Å². The minimum atomic E-state index is -2.14. The molecule has 0 N–H and O–H groups in total. The maximum absolute atomic E-state index is 5.61.